The summed E-state index contributed by atoms with van der Waals surface area (Å²) in [5.41, 5.74) is 5.45. The zero-order valence-corrected chi connectivity index (χ0v) is 12.2. The van der Waals surface area contributed by atoms with Crippen LogP contribution in [0.2, 0.25) is 0 Å². The van der Waals surface area contributed by atoms with E-state index in [2.05, 4.69) is 5.16 Å². The maximum Gasteiger partial charge on any atom is 0.229 e. The van der Waals surface area contributed by atoms with Gasteiger partial charge in [-0.2, -0.15) is 0 Å². The van der Waals surface area contributed by atoms with Crippen LogP contribution < -0.4 is 5.73 Å². The first kappa shape index (κ1) is 13.7. The molecule has 1 amide bonds. The van der Waals surface area contributed by atoms with Crippen LogP contribution in [-0.2, 0) is 4.79 Å². The van der Waals surface area contributed by atoms with Gasteiger partial charge < -0.3 is 15.8 Å². The quantitative estimate of drug-likeness (QED) is 0.356. The largest absolute Gasteiger partial charge is 0.409 e. The number of oxime groups is 1. The van der Waals surface area contributed by atoms with Crippen LogP contribution in [0.3, 0.4) is 0 Å². The Morgan fingerprint density at radius 2 is 1.75 bits per heavy atom. The summed E-state index contributed by atoms with van der Waals surface area (Å²) in [7, 11) is 0. The van der Waals surface area contributed by atoms with Crippen LogP contribution in [0.1, 0.15) is 45.4 Å². The minimum Gasteiger partial charge on any atom is -0.409 e. The summed E-state index contributed by atoms with van der Waals surface area (Å²) in [6, 6.07) is 0. The topological polar surface area (TPSA) is 78.9 Å². The van der Waals surface area contributed by atoms with Crippen molar-refractivity contribution in [3.05, 3.63) is 0 Å². The molecule has 4 fully saturated rings. The molecule has 0 radical (unpaired) electrons. The highest BCUT2D eigenvalue weighted by Gasteiger charge is 2.55. The van der Waals surface area contributed by atoms with E-state index in [0.717, 1.165) is 37.0 Å². The monoisotopic (exact) mass is 279 g/mol. The number of nitrogens with zero attached hydrogens (tertiary/aromatic N) is 2. The van der Waals surface area contributed by atoms with E-state index in [0.29, 0.717) is 6.54 Å². The van der Waals surface area contributed by atoms with E-state index in [1.54, 1.807) is 4.90 Å². The summed E-state index contributed by atoms with van der Waals surface area (Å²) >= 11 is 0. The number of carbonyl (C=O) groups excluding carboxylic acids is 1. The van der Waals surface area contributed by atoms with Crippen LogP contribution in [0, 0.1) is 23.2 Å². The van der Waals surface area contributed by atoms with E-state index >= 15 is 0 Å². The van der Waals surface area contributed by atoms with Gasteiger partial charge in [0.05, 0.1) is 12.0 Å². The third kappa shape index (κ3) is 2.17. The first-order valence-corrected chi connectivity index (χ1v) is 7.82. The molecule has 5 nitrogen and oxygen atoms in total. The lowest BCUT2D eigenvalue weighted by atomic mass is 9.49. The summed E-state index contributed by atoms with van der Waals surface area (Å²) < 4.78 is 0. The van der Waals surface area contributed by atoms with Crippen LogP contribution in [0.4, 0.5) is 0 Å². The first-order chi connectivity index (χ1) is 9.56. The van der Waals surface area contributed by atoms with Crippen LogP contribution >= 0.6 is 0 Å². The van der Waals surface area contributed by atoms with E-state index in [1.807, 2.05) is 6.92 Å². The van der Waals surface area contributed by atoms with E-state index in [9.17, 15) is 4.79 Å². The third-order valence-corrected chi connectivity index (χ3v) is 5.64. The van der Waals surface area contributed by atoms with Crippen molar-refractivity contribution in [2.75, 3.05) is 13.1 Å². The molecule has 4 saturated carbocycles. The zero-order valence-electron chi connectivity index (χ0n) is 12.2. The second-order valence-electron chi connectivity index (χ2n) is 7.11. The van der Waals surface area contributed by atoms with E-state index in [4.69, 9.17) is 10.9 Å². The molecule has 0 unspecified atom stereocenters. The van der Waals surface area contributed by atoms with Crippen molar-refractivity contribution in [1.29, 1.82) is 0 Å². The van der Waals surface area contributed by atoms with Gasteiger partial charge in [-0.25, -0.2) is 0 Å². The van der Waals surface area contributed by atoms with Gasteiger partial charge in [-0.05, 0) is 63.2 Å². The van der Waals surface area contributed by atoms with Gasteiger partial charge in [0.2, 0.25) is 5.91 Å². The van der Waals surface area contributed by atoms with Gasteiger partial charge in [0, 0.05) is 6.54 Å². The molecule has 0 aromatic heterocycles. The van der Waals surface area contributed by atoms with Gasteiger partial charge >= 0.3 is 0 Å². The molecule has 0 aliphatic heterocycles. The lowest BCUT2D eigenvalue weighted by Gasteiger charge is -2.56. The van der Waals surface area contributed by atoms with Crippen molar-refractivity contribution in [2.24, 2.45) is 34.1 Å². The van der Waals surface area contributed by atoms with Crippen molar-refractivity contribution in [2.45, 2.75) is 45.4 Å². The predicted molar refractivity (Wildman–Crippen MR) is 76.3 cm³/mol. The molecule has 0 heterocycles. The fourth-order valence-electron chi connectivity index (χ4n) is 5.26. The summed E-state index contributed by atoms with van der Waals surface area (Å²) in [5.74, 6) is 2.63. The van der Waals surface area contributed by atoms with Crippen molar-refractivity contribution in [1.82, 2.24) is 4.90 Å². The van der Waals surface area contributed by atoms with Gasteiger partial charge in [0.15, 0.2) is 5.84 Å². The number of hydrogen-bond donors (Lipinski definition) is 2. The highest BCUT2D eigenvalue weighted by molar-refractivity contribution is 5.89. The Kier molecular flexibility index (Phi) is 3.38. The second-order valence-corrected chi connectivity index (χ2v) is 7.11. The lowest BCUT2D eigenvalue weighted by Crippen LogP contribution is -2.55. The number of hydrogen-bond acceptors (Lipinski definition) is 3. The molecule has 0 atom stereocenters. The van der Waals surface area contributed by atoms with Crippen LogP contribution in [0.15, 0.2) is 5.16 Å². The highest BCUT2D eigenvalue weighted by atomic mass is 16.4. The van der Waals surface area contributed by atoms with Crippen molar-refractivity contribution >= 4 is 11.7 Å². The Labute approximate surface area is 120 Å². The van der Waals surface area contributed by atoms with Gasteiger partial charge in [0.1, 0.15) is 0 Å². The fraction of sp³-hybridized carbons (Fsp3) is 0.867. The van der Waals surface area contributed by atoms with Gasteiger partial charge in [-0.3, -0.25) is 4.79 Å². The average molecular weight is 279 g/mol. The molecular formula is C15H25N3O2. The fourth-order valence-corrected chi connectivity index (χ4v) is 5.26. The summed E-state index contributed by atoms with van der Waals surface area (Å²) in [6.07, 6.45) is 7.18. The highest BCUT2D eigenvalue weighted by Crippen LogP contribution is 2.60. The Morgan fingerprint density at radius 1 is 1.25 bits per heavy atom. The standard InChI is InChI=1S/C15H25N3O2/c1-2-18(9-13(16)17-20)14(19)15-6-10-3-11(7-15)5-12(4-10)8-15/h10-12,20H,2-9H2,1H3,(H2,16,17). The molecule has 3 N–H and O–H groups in total. The third-order valence-electron chi connectivity index (χ3n) is 5.64. The Hall–Kier alpha value is -1.26. The number of likely N-dealkylation sites (N-methyl/N-ethyl adjacent to an activating group) is 1. The first-order valence-electron chi connectivity index (χ1n) is 7.82. The maximum absolute atomic E-state index is 13.0. The van der Waals surface area contributed by atoms with E-state index in [1.165, 1.54) is 19.3 Å². The predicted octanol–water partition coefficient (Wildman–Crippen LogP) is 1.80. The molecule has 0 saturated heterocycles. The van der Waals surface area contributed by atoms with Crippen molar-refractivity contribution in [3.63, 3.8) is 0 Å². The SMILES string of the molecule is CCN(CC(N)=NO)C(=O)C12CC3CC(CC(C3)C1)C2. The normalized spacial score (nSPS) is 39.0. The molecule has 0 aromatic rings. The Balaban J connectivity index is 1.78. The van der Waals surface area contributed by atoms with Crippen molar-refractivity contribution in [3.8, 4) is 0 Å². The number of rotatable bonds is 4. The number of nitrogens with two attached hydrogens (primary N) is 1. The molecule has 112 valence electrons. The summed E-state index contributed by atoms with van der Waals surface area (Å²) in [5, 5.41) is 11.7. The molecular weight excluding hydrogens is 254 g/mol. The molecule has 4 aliphatic rings. The van der Waals surface area contributed by atoms with Gasteiger partial charge in [-0.1, -0.05) is 5.16 Å². The van der Waals surface area contributed by atoms with Crippen LogP contribution in [0.5, 0.6) is 0 Å². The molecule has 0 spiro atoms. The van der Waals surface area contributed by atoms with Crippen molar-refractivity contribution < 1.29 is 10.0 Å². The minimum absolute atomic E-state index is 0.116. The minimum atomic E-state index is -0.138. The smallest absolute Gasteiger partial charge is 0.229 e. The maximum atomic E-state index is 13.0. The molecule has 4 aliphatic carbocycles. The number of amidine groups is 1. The summed E-state index contributed by atoms with van der Waals surface area (Å²) in [6.45, 7) is 2.83. The average Bonchev–Trinajstić information content (AvgIpc) is 2.42. The number of amides is 1. The number of carbonyl (C=O) groups is 1. The van der Waals surface area contributed by atoms with Crippen LogP contribution in [0.25, 0.3) is 0 Å². The molecule has 20 heavy (non-hydrogen) atoms. The Bertz CT molecular complexity index is 398. The second kappa shape index (κ2) is 4.93. The lowest BCUT2D eigenvalue weighted by molar-refractivity contribution is -0.156. The molecule has 5 heteroatoms. The van der Waals surface area contributed by atoms with Gasteiger partial charge in [-0.15, -0.1) is 0 Å². The van der Waals surface area contributed by atoms with E-state index in [-0.39, 0.29) is 23.7 Å². The molecule has 4 bridgehead atoms. The molecule has 4 rings (SSSR count). The molecule has 0 aromatic carbocycles. The van der Waals surface area contributed by atoms with Gasteiger partial charge in [0.25, 0.3) is 0 Å². The Morgan fingerprint density at radius 3 is 2.15 bits per heavy atom. The summed E-state index contributed by atoms with van der Waals surface area (Å²) in [4.78, 5) is 14.8. The van der Waals surface area contributed by atoms with E-state index < -0.39 is 0 Å². The van der Waals surface area contributed by atoms with Crippen LogP contribution in [-0.4, -0.2) is 34.9 Å². The zero-order chi connectivity index (χ0) is 14.3.